The van der Waals surface area contributed by atoms with Crippen molar-refractivity contribution in [2.75, 3.05) is 4.90 Å². The Bertz CT molecular complexity index is 827. The first-order valence-corrected chi connectivity index (χ1v) is 6.95. The van der Waals surface area contributed by atoms with Crippen molar-refractivity contribution in [3.63, 3.8) is 0 Å². The molecule has 24 heavy (non-hydrogen) atoms. The standard InChI is InChI=1S/C17H14N4O3/c1-11-5-3-7-13(19-9-22)15(11)21(17(18)24)16-12(2)6-4-8-14(16)20-10-23/h3-8H,1-2H3,(H2,18,24). The molecule has 0 saturated heterocycles. The molecular formula is C17H14N4O3. The first kappa shape index (κ1) is 16.8. The molecule has 0 aromatic heterocycles. The van der Waals surface area contributed by atoms with Gasteiger partial charge in [-0.2, -0.15) is 9.98 Å². The molecule has 120 valence electrons. The lowest BCUT2D eigenvalue weighted by molar-refractivity contribution is 0.256. The molecule has 2 amide bonds. The molecule has 7 heteroatoms. The molecule has 0 radical (unpaired) electrons. The number of aryl methyl sites for hydroxylation is 2. The van der Waals surface area contributed by atoms with E-state index < -0.39 is 6.03 Å². The van der Waals surface area contributed by atoms with Crippen LogP contribution in [0.3, 0.4) is 0 Å². The third-order valence-corrected chi connectivity index (χ3v) is 3.43. The first-order chi connectivity index (χ1) is 11.5. The number of isocyanates is 2. The van der Waals surface area contributed by atoms with Crippen molar-refractivity contribution in [1.29, 1.82) is 0 Å². The largest absolute Gasteiger partial charge is 0.351 e. The van der Waals surface area contributed by atoms with Crippen LogP contribution < -0.4 is 10.6 Å². The summed E-state index contributed by atoms with van der Waals surface area (Å²) < 4.78 is 0. The molecule has 0 spiro atoms. The van der Waals surface area contributed by atoms with Gasteiger partial charge in [-0.1, -0.05) is 24.3 Å². The van der Waals surface area contributed by atoms with Gasteiger partial charge in [-0.05, 0) is 37.1 Å². The monoisotopic (exact) mass is 322 g/mol. The van der Waals surface area contributed by atoms with Crippen LogP contribution in [0.2, 0.25) is 0 Å². The smallest absolute Gasteiger partial charge is 0.324 e. The highest BCUT2D eigenvalue weighted by Gasteiger charge is 2.24. The van der Waals surface area contributed by atoms with Crippen molar-refractivity contribution in [2.24, 2.45) is 15.7 Å². The number of benzene rings is 2. The first-order valence-electron chi connectivity index (χ1n) is 6.95. The number of primary amides is 1. The Labute approximate surface area is 138 Å². The topological polar surface area (TPSA) is 105 Å². The zero-order valence-corrected chi connectivity index (χ0v) is 13.1. The fraction of sp³-hybridized carbons (Fsp3) is 0.118. The molecule has 2 aromatic rings. The molecule has 0 heterocycles. The van der Waals surface area contributed by atoms with Crippen molar-refractivity contribution in [1.82, 2.24) is 0 Å². The van der Waals surface area contributed by atoms with Gasteiger partial charge in [0.25, 0.3) is 0 Å². The Morgan fingerprint density at radius 2 is 1.33 bits per heavy atom. The van der Waals surface area contributed by atoms with Crippen LogP contribution in [0, 0.1) is 13.8 Å². The van der Waals surface area contributed by atoms with Gasteiger partial charge in [-0.25, -0.2) is 14.4 Å². The predicted molar refractivity (Wildman–Crippen MR) is 89.6 cm³/mol. The Balaban J connectivity index is 2.86. The second-order valence-electron chi connectivity index (χ2n) is 4.97. The van der Waals surface area contributed by atoms with Gasteiger partial charge in [-0.15, -0.1) is 0 Å². The maximum atomic E-state index is 12.2. The summed E-state index contributed by atoms with van der Waals surface area (Å²) in [6.07, 6.45) is 2.92. The number of carbonyl (C=O) groups is 1. The summed E-state index contributed by atoms with van der Waals surface area (Å²) in [5.74, 6) is 0. The zero-order chi connectivity index (χ0) is 17.7. The molecule has 0 aliphatic rings. The minimum absolute atomic E-state index is 0.230. The summed E-state index contributed by atoms with van der Waals surface area (Å²) in [5.41, 5.74) is 8.01. The van der Waals surface area contributed by atoms with Crippen LogP contribution in [-0.4, -0.2) is 18.2 Å². The van der Waals surface area contributed by atoms with Crippen LogP contribution in [0.5, 0.6) is 0 Å². The number of para-hydroxylation sites is 2. The molecule has 2 rings (SSSR count). The van der Waals surface area contributed by atoms with E-state index in [1.807, 2.05) is 0 Å². The number of aliphatic imine (C=N–C) groups is 2. The minimum Gasteiger partial charge on any atom is -0.351 e. The van der Waals surface area contributed by atoms with E-state index in [4.69, 9.17) is 5.73 Å². The minimum atomic E-state index is -0.803. The van der Waals surface area contributed by atoms with E-state index in [2.05, 4.69) is 9.98 Å². The normalized spacial score (nSPS) is 9.58. The molecule has 0 aliphatic heterocycles. The molecular weight excluding hydrogens is 308 g/mol. The number of amides is 2. The van der Waals surface area contributed by atoms with Crippen LogP contribution in [-0.2, 0) is 9.59 Å². The van der Waals surface area contributed by atoms with Crippen LogP contribution in [0.1, 0.15) is 11.1 Å². The van der Waals surface area contributed by atoms with Gasteiger partial charge < -0.3 is 5.73 Å². The van der Waals surface area contributed by atoms with Gasteiger partial charge in [0, 0.05) is 0 Å². The molecule has 2 N–H and O–H groups in total. The van der Waals surface area contributed by atoms with Gasteiger partial charge in [0.2, 0.25) is 12.2 Å². The lowest BCUT2D eigenvalue weighted by atomic mass is 10.1. The SMILES string of the molecule is Cc1cccc(N=C=O)c1N(C(N)=O)c1c(C)cccc1N=C=O. The number of anilines is 2. The number of hydrogen-bond acceptors (Lipinski definition) is 5. The summed E-state index contributed by atoms with van der Waals surface area (Å²) in [4.78, 5) is 42.1. The van der Waals surface area contributed by atoms with Gasteiger partial charge >= 0.3 is 6.03 Å². The molecule has 0 saturated carbocycles. The number of carbonyl (C=O) groups excluding carboxylic acids is 3. The number of hydrogen-bond donors (Lipinski definition) is 1. The van der Waals surface area contributed by atoms with Gasteiger partial charge in [0.15, 0.2) is 0 Å². The molecule has 7 nitrogen and oxygen atoms in total. The average Bonchev–Trinajstić information content (AvgIpc) is 2.52. The summed E-state index contributed by atoms with van der Waals surface area (Å²) >= 11 is 0. The van der Waals surface area contributed by atoms with E-state index in [1.54, 1.807) is 50.2 Å². The van der Waals surface area contributed by atoms with Crippen molar-refractivity contribution in [2.45, 2.75) is 13.8 Å². The van der Waals surface area contributed by atoms with Crippen LogP contribution >= 0.6 is 0 Å². The lowest BCUT2D eigenvalue weighted by Crippen LogP contribution is -2.32. The van der Waals surface area contributed by atoms with E-state index in [1.165, 1.54) is 17.1 Å². The van der Waals surface area contributed by atoms with E-state index in [9.17, 15) is 14.4 Å². The quantitative estimate of drug-likeness (QED) is 0.688. The number of nitrogens with zero attached hydrogens (tertiary/aromatic N) is 3. The zero-order valence-electron chi connectivity index (χ0n) is 13.1. The third kappa shape index (κ3) is 3.13. The molecule has 0 aliphatic carbocycles. The number of rotatable bonds is 4. The van der Waals surface area contributed by atoms with Crippen LogP contribution in [0.4, 0.5) is 27.5 Å². The highest BCUT2D eigenvalue weighted by atomic mass is 16.2. The van der Waals surface area contributed by atoms with Gasteiger partial charge in [0.05, 0.1) is 11.4 Å². The van der Waals surface area contributed by atoms with Crippen molar-refractivity contribution in [3.8, 4) is 0 Å². The third-order valence-electron chi connectivity index (χ3n) is 3.43. The Morgan fingerprint density at radius 1 is 0.917 bits per heavy atom. The molecule has 0 bridgehead atoms. The maximum absolute atomic E-state index is 12.2. The predicted octanol–water partition coefficient (Wildman–Crippen LogP) is 3.45. The summed E-state index contributed by atoms with van der Waals surface area (Å²) in [6, 6.07) is 9.19. The molecule has 0 unspecified atom stereocenters. The molecule has 0 atom stereocenters. The van der Waals surface area contributed by atoms with E-state index >= 15 is 0 Å². The fourth-order valence-corrected chi connectivity index (χ4v) is 2.48. The fourth-order valence-electron chi connectivity index (χ4n) is 2.48. The second-order valence-corrected chi connectivity index (χ2v) is 4.97. The van der Waals surface area contributed by atoms with E-state index in [0.717, 1.165) is 0 Å². The summed E-state index contributed by atoms with van der Waals surface area (Å²) in [6.45, 7) is 3.49. The van der Waals surface area contributed by atoms with E-state index in [-0.39, 0.29) is 11.4 Å². The molecule has 0 fully saturated rings. The van der Waals surface area contributed by atoms with Crippen molar-refractivity contribution >= 4 is 40.9 Å². The summed E-state index contributed by atoms with van der Waals surface area (Å²) in [7, 11) is 0. The van der Waals surface area contributed by atoms with Gasteiger partial charge in [0.1, 0.15) is 11.4 Å². The van der Waals surface area contributed by atoms with Gasteiger partial charge in [-0.3, -0.25) is 4.90 Å². The Morgan fingerprint density at radius 3 is 1.67 bits per heavy atom. The lowest BCUT2D eigenvalue weighted by Gasteiger charge is -2.26. The highest BCUT2D eigenvalue weighted by molar-refractivity contribution is 6.05. The van der Waals surface area contributed by atoms with Crippen LogP contribution in [0.15, 0.2) is 46.4 Å². The summed E-state index contributed by atoms with van der Waals surface area (Å²) in [5, 5.41) is 0. The Kier molecular flexibility index (Phi) is 5.02. The highest BCUT2D eigenvalue weighted by Crippen LogP contribution is 2.42. The van der Waals surface area contributed by atoms with Crippen molar-refractivity contribution in [3.05, 3.63) is 47.5 Å². The Hall–Kier alpha value is -3.53. The average molecular weight is 322 g/mol. The second kappa shape index (κ2) is 7.15. The number of urea groups is 1. The van der Waals surface area contributed by atoms with E-state index in [0.29, 0.717) is 22.5 Å². The van der Waals surface area contributed by atoms with Crippen LogP contribution in [0.25, 0.3) is 0 Å². The molecule has 2 aromatic carbocycles. The number of nitrogens with two attached hydrogens (primary N) is 1. The van der Waals surface area contributed by atoms with Crippen molar-refractivity contribution < 1.29 is 14.4 Å². The maximum Gasteiger partial charge on any atom is 0.324 e.